The number of hydrogen-bond donors (Lipinski definition) is 0. The maximum atomic E-state index is 12.9. The molecule has 0 amide bonds. The standard InChI is InChI=1S/C11H9FN2O2/c1-7(15)5-10-13-11(14-16-10)8-3-2-4-9(12)6-8/h2-4,6H,5H2,1H3. The van der Waals surface area contributed by atoms with Crippen molar-refractivity contribution in [2.45, 2.75) is 13.3 Å². The van der Waals surface area contributed by atoms with Crippen molar-refractivity contribution in [2.75, 3.05) is 0 Å². The number of ketones is 1. The van der Waals surface area contributed by atoms with Gasteiger partial charge in [0.2, 0.25) is 11.7 Å². The fourth-order valence-corrected chi connectivity index (χ4v) is 1.28. The van der Waals surface area contributed by atoms with Crippen molar-refractivity contribution >= 4 is 5.78 Å². The van der Waals surface area contributed by atoms with Crippen molar-refractivity contribution in [3.05, 3.63) is 36.0 Å². The Labute approximate surface area is 91.1 Å². The Kier molecular flexibility index (Phi) is 2.76. The van der Waals surface area contributed by atoms with Crippen LogP contribution < -0.4 is 0 Å². The number of benzene rings is 1. The van der Waals surface area contributed by atoms with Crippen LogP contribution in [0.1, 0.15) is 12.8 Å². The Morgan fingerprint density at radius 2 is 2.31 bits per heavy atom. The molecule has 5 heteroatoms. The molecule has 2 rings (SSSR count). The third-order valence-corrected chi connectivity index (χ3v) is 1.95. The van der Waals surface area contributed by atoms with E-state index in [1.54, 1.807) is 12.1 Å². The predicted molar refractivity (Wildman–Crippen MR) is 54.1 cm³/mol. The third-order valence-electron chi connectivity index (χ3n) is 1.95. The predicted octanol–water partition coefficient (Wildman–Crippen LogP) is 2.01. The Hall–Kier alpha value is -2.04. The van der Waals surface area contributed by atoms with Crippen LogP contribution in [0, 0.1) is 5.82 Å². The molecule has 4 nitrogen and oxygen atoms in total. The van der Waals surface area contributed by atoms with Gasteiger partial charge in [-0.2, -0.15) is 4.98 Å². The first-order valence-electron chi connectivity index (χ1n) is 4.73. The number of nitrogens with zero attached hydrogens (tertiary/aromatic N) is 2. The molecule has 0 unspecified atom stereocenters. The fraction of sp³-hybridized carbons (Fsp3) is 0.182. The Morgan fingerprint density at radius 3 is 3.00 bits per heavy atom. The molecule has 2 aromatic rings. The average molecular weight is 220 g/mol. The van der Waals surface area contributed by atoms with Crippen molar-refractivity contribution in [2.24, 2.45) is 0 Å². The van der Waals surface area contributed by atoms with Crippen LogP contribution in [-0.2, 0) is 11.2 Å². The first kappa shape index (κ1) is 10.5. The summed E-state index contributed by atoms with van der Waals surface area (Å²) in [5, 5.41) is 3.68. The maximum absolute atomic E-state index is 12.9. The summed E-state index contributed by atoms with van der Waals surface area (Å²) in [6.07, 6.45) is 0.0995. The zero-order valence-corrected chi connectivity index (χ0v) is 8.61. The van der Waals surface area contributed by atoms with Gasteiger partial charge in [-0.1, -0.05) is 17.3 Å². The van der Waals surface area contributed by atoms with Crippen LogP contribution in [0.2, 0.25) is 0 Å². The Balaban J connectivity index is 2.28. The van der Waals surface area contributed by atoms with Gasteiger partial charge in [0.05, 0.1) is 6.42 Å². The second kappa shape index (κ2) is 4.22. The highest BCUT2D eigenvalue weighted by Gasteiger charge is 2.10. The van der Waals surface area contributed by atoms with Crippen molar-refractivity contribution in [1.82, 2.24) is 10.1 Å². The molecule has 0 atom stereocenters. The van der Waals surface area contributed by atoms with E-state index in [-0.39, 0.29) is 29.7 Å². The molecule has 16 heavy (non-hydrogen) atoms. The molecule has 0 saturated carbocycles. The summed E-state index contributed by atoms with van der Waals surface area (Å²) in [5.74, 6) is 0.104. The highest BCUT2D eigenvalue weighted by atomic mass is 19.1. The van der Waals surface area contributed by atoms with Crippen LogP contribution in [0.3, 0.4) is 0 Å². The summed E-state index contributed by atoms with van der Waals surface area (Å²) in [7, 11) is 0. The number of carbonyl (C=O) groups is 1. The van der Waals surface area contributed by atoms with Crippen LogP contribution in [-0.4, -0.2) is 15.9 Å². The Bertz CT molecular complexity index is 522. The van der Waals surface area contributed by atoms with Gasteiger partial charge < -0.3 is 4.52 Å². The van der Waals surface area contributed by atoms with Crippen molar-refractivity contribution < 1.29 is 13.7 Å². The normalized spacial score (nSPS) is 10.4. The average Bonchev–Trinajstić information content (AvgIpc) is 2.65. The van der Waals surface area contributed by atoms with Crippen molar-refractivity contribution in [3.63, 3.8) is 0 Å². The lowest BCUT2D eigenvalue weighted by Gasteiger charge is -1.92. The molecule has 0 saturated heterocycles. The van der Waals surface area contributed by atoms with Gasteiger partial charge in [0.15, 0.2) is 0 Å². The number of aromatic nitrogens is 2. The molecular weight excluding hydrogens is 211 g/mol. The lowest BCUT2D eigenvalue weighted by Crippen LogP contribution is -1.96. The summed E-state index contributed by atoms with van der Waals surface area (Å²) in [5.41, 5.74) is 0.526. The topological polar surface area (TPSA) is 56.0 Å². The molecule has 0 aliphatic heterocycles. The highest BCUT2D eigenvalue weighted by molar-refractivity contribution is 5.77. The molecule has 0 N–H and O–H groups in total. The summed E-state index contributed by atoms with van der Waals surface area (Å²) in [6, 6.07) is 5.87. The van der Waals surface area contributed by atoms with Crippen LogP contribution in [0.15, 0.2) is 28.8 Å². The zero-order valence-electron chi connectivity index (χ0n) is 8.61. The van der Waals surface area contributed by atoms with Crippen LogP contribution in [0.4, 0.5) is 4.39 Å². The van der Waals surface area contributed by atoms with Crippen molar-refractivity contribution in [3.8, 4) is 11.4 Å². The largest absolute Gasteiger partial charge is 0.339 e. The summed E-state index contributed by atoms with van der Waals surface area (Å²) in [6.45, 7) is 1.44. The molecule has 0 spiro atoms. The highest BCUT2D eigenvalue weighted by Crippen LogP contribution is 2.16. The second-order valence-electron chi connectivity index (χ2n) is 3.40. The lowest BCUT2D eigenvalue weighted by molar-refractivity contribution is -0.116. The van der Waals surface area contributed by atoms with Gasteiger partial charge in [-0.15, -0.1) is 0 Å². The number of rotatable bonds is 3. The number of halogens is 1. The van der Waals surface area contributed by atoms with Gasteiger partial charge >= 0.3 is 0 Å². The minimum atomic E-state index is -0.365. The Morgan fingerprint density at radius 1 is 1.50 bits per heavy atom. The molecule has 1 aromatic carbocycles. The zero-order chi connectivity index (χ0) is 11.5. The number of hydrogen-bond acceptors (Lipinski definition) is 4. The minimum Gasteiger partial charge on any atom is -0.339 e. The van der Waals surface area contributed by atoms with Gasteiger partial charge in [-0.05, 0) is 19.1 Å². The first-order chi connectivity index (χ1) is 7.65. The van der Waals surface area contributed by atoms with Crippen LogP contribution in [0.25, 0.3) is 11.4 Å². The van der Waals surface area contributed by atoms with Crippen LogP contribution >= 0.6 is 0 Å². The number of carbonyl (C=O) groups excluding carboxylic acids is 1. The van der Waals surface area contributed by atoms with E-state index in [4.69, 9.17) is 4.52 Å². The van der Waals surface area contributed by atoms with E-state index < -0.39 is 0 Å². The molecule has 0 aliphatic carbocycles. The van der Waals surface area contributed by atoms with Crippen LogP contribution in [0.5, 0.6) is 0 Å². The van der Waals surface area contributed by atoms with Gasteiger partial charge in [-0.25, -0.2) is 4.39 Å². The van der Waals surface area contributed by atoms with Crippen molar-refractivity contribution in [1.29, 1.82) is 0 Å². The van der Waals surface area contributed by atoms with E-state index in [1.165, 1.54) is 19.1 Å². The molecule has 1 heterocycles. The maximum Gasteiger partial charge on any atom is 0.234 e. The molecule has 0 radical (unpaired) electrons. The molecule has 0 aliphatic rings. The van der Waals surface area contributed by atoms with E-state index in [0.29, 0.717) is 5.56 Å². The fourth-order valence-electron chi connectivity index (χ4n) is 1.28. The van der Waals surface area contributed by atoms with E-state index in [1.807, 2.05) is 0 Å². The second-order valence-corrected chi connectivity index (χ2v) is 3.40. The quantitative estimate of drug-likeness (QED) is 0.793. The van der Waals surface area contributed by atoms with Gasteiger partial charge in [-0.3, -0.25) is 4.79 Å². The van der Waals surface area contributed by atoms with Gasteiger partial charge in [0.25, 0.3) is 0 Å². The van der Waals surface area contributed by atoms with E-state index in [0.717, 1.165) is 0 Å². The molecular formula is C11H9FN2O2. The van der Waals surface area contributed by atoms with E-state index in [9.17, 15) is 9.18 Å². The van der Waals surface area contributed by atoms with E-state index in [2.05, 4.69) is 10.1 Å². The smallest absolute Gasteiger partial charge is 0.234 e. The molecule has 1 aromatic heterocycles. The lowest BCUT2D eigenvalue weighted by atomic mass is 10.2. The van der Waals surface area contributed by atoms with Gasteiger partial charge in [0, 0.05) is 5.56 Å². The van der Waals surface area contributed by atoms with Gasteiger partial charge in [0.1, 0.15) is 11.6 Å². The third kappa shape index (κ3) is 2.31. The molecule has 0 fully saturated rings. The monoisotopic (exact) mass is 220 g/mol. The van der Waals surface area contributed by atoms with E-state index >= 15 is 0 Å². The number of Topliss-reactive ketones (excluding diaryl/α,β-unsaturated/α-hetero) is 1. The molecule has 0 bridgehead atoms. The summed E-state index contributed by atoms with van der Waals surface area (Å²) in [4.78, 5) is 14.8. The first-order valence-corrected chi connectivity index (χ1v) is 4.73. The molecule has 82 valence electrons. The minimum absolute atomic E-state index is 0.0607. The summed E-state index contributed by atoms with van der Waals surface area (Å²) < 4.78 is 17.8. The SMILES string of the molecule is CC(=O)Cc1nc(-c2cccc(F)c2)no1. The summed E-state index contributed by atoms with van der Waals surface area (Å²) >= 11 is 0.